The summed E-state index contributed by atoms with van der Waals surface area (Å²) in [5.41, 5.74) is 1.11. The van der Waals surface area contributed by atoms with E-state index in [4.69, 9.17) is 4.74 Å². The van der Waals surface area contributed by atoms with E-state index < -0.39 is 0 Å². The normalized spacial score (nSPS) is 14.8. The van der Waals surface area contributed by atoms with Crippen LogP contribution in [0.4, 0.5) is 5.69 Å². The lowest BCUT2D eigenvalue weighted by molar-refractivity contribution is -0.125. The summed E-state index contributed by atoms with van der Waals surface area (Å²) in [5, 5.41) is 5.67. The number of para-hydroxylation sites is 1. The van der Waals surface area contributed by atoms with E-state index in [1.54, 1.807) is 12.0 Å². The van der Waals surface area contributed by atoms with Crippen LogP contribution < -0.4 is 5.01 Å². The average molecular weight is 331 g/mol. The Kier molecular flexibility index (Phi) is 6.49. The number of anilines is 1. The highest BCUT2D eigenvalue weighted by Gasteiger charge is 2.28. The van der Waals surface area contributed by atoms with Crippen LogP contribution in [-0.2, 0) is 14.3 Å². The van der Waals surface area contributed by atoms with Crippen molar-refractivity contribution in [2.75, 3.05) is 31.8 Å². The van der Waals surface area contributed by atoms with Gasteiger partial charge >= 0.3 is 0 Å². The third kappa shape index (κ3) is 4.64. The van der Waals surface area contributed by atoms with Crippen molar-refractivity contribution >= 4 is 23.2 Å². The smallest absolute Gasteiger partial charge is 0.270 e. The van der Waals surface area contributed by atoms with Crippen molar-refractivity contribution in [2.45, 2.75) is 26.7 Å². The van der Waals surface area contributed by atoms with Gasteiger partial charge in [-0.05, 0) is 18.1 Å². The molecule has 0 N–H and O–H groups in total. The number of rotatable bonds is 7. The third-order valence-corrected chi connectivity index (χ3v) is 3.72. The molecule has 0 fully saturated rings. The van der Waals surface area contributed by atoms with Gasteiger partial charge in [-0.3, -0.25) is 9.59 Å². The van der Waals surface area contributed by atoms with E-state index in [1.807, 2.05) is 30.3 Å². The lowest BCUT2D eigenvalue weighted by atomic mass is 10.1. The van der Waals surface area contributed by atoms with E-state index in [2.05, 4.69) is 18.9 Å². The van der Waals surface area contributed by atoms with Crippen molar-refractivity contribution in [1.82, 2.24) is 4.90 Å². The summed E-state index contributed by atoms with van der Waals surface area (Å²) in [6, 6.07) is 9.19. The first kappa shape index (κ1) is 18.1. The lowest BCUT2D eigenvalue weighted by Gasteiger charge is -2.28. The zero-order chi connectivity index (χ0) is 17.5. The summed E-state index contributed by atoms with van der Waals surface area (Å²) < 4.78 is 5.10. The SMILES string of the molecule is COCCN(CC(C)C)C(=O)C1=NN(c2ccccc2)C(=O)CC1. The molecule has 1 aliphatic heterocycles. The van der Waals surface area contributed by atoms with Gasteiger partial charge < -0.3 is 9.64 Å². The van der Waals surface area contributed by atoms with Gasteiger partial charge in [-0.1, -0.05) is 32.0 Å². The number of hydrazone groups is 1. The Morgan fingerprint density at radius 2 is 2.00 bits per heavy atom. The van der Waals surface area contributed by atoms with E-state index >= 15 is 0 Å². The largest absolute Gasteiger partial charge is 0.383 e. The molecule has 6 heteroatoms. The summed E-state index contributed by atoms with van der Waals surface area (Å²) in [5.74, 6) is 0.140. The van der Waals surface area contributed by atoms with Crippen LogP contribution >= 0.6 is 0 Å². The molecule has 1 aromatic carbocycles. The van der Waals surface area contributed by atoms with Crippen molar-refractivity contribution in [3.8, 4) is 0 Å². The van der Waals surface area contributed by atoms with Gasteiger partial charge in [0.1, 0.15) is 5.71 Å². The van der Waals surface area contributed by atoms with E-state index in [1.165, 1.54) is 5.01 Å². The Hall–Kier alpha value is -2.21. The summed E-state index contributed by atoms with van der Waals surface area (Å²) in [7, 11) is 1.62. The Balaban J connectivity index is 2.21. The number of hydrogen-bond donors (Lipinski definition) is 0. The van der Waals surface area contributed by atoms with Crippen LogP contribution in [0.25, 0.3) is 0 Å². The van der Waals surface area contributed by atoms with Crippen LogP contribution in [0.3, 0.4) is 0 Å². The number of carbonyl (C=O) groups excluding carboxylic acids is 2. The molecule has 1 aliphatic rings. The molecule has 0 spiro atoms. The van der Waals surface area contributed by atoms with Crippen LogP contribution in [0.5, 0.6) is 0 Å². The first-order valence-electron chi connectivity index (χ1n) is 8.26. The second kappa shape index (κ2) is 8.59. The molecule has 0 aliphatic carbocycles. The fourth-order valence-corrected chi connectivity index (χ4v) is 2.58. The summed E-state index contributed by atoms with van der Waals surface area (Å²) in [4.78, 5) is 26.7. The number of methoxy groups -OCH3 is 1. The van der Waals surface area contributed by atoms with Gasteiger partial charge in [0.2, 0.25) is 5.91 Å². The molecule has 1 heterocycles. The minimum absolute atomic E-state index is 0.0925. The van der Waals surface area contributed by atoms with Crippen LogP contribution in [0.2, 0.25) is 0 Å². The highest BCUT2D eigenvalue weighted by Crippen LogP contribution is 2.20. The quantitative estimate of drug-likeness (QED) is 0.770. The molecule has 0 unspecified atom stereocenters. The first-order chi connectivity index (χ1) is 11.5. The minimum Gasteiger partial charge on any atom is -0.383 e. The van der Waals surface area contributed by atoms with Gasteiger partial charge in [0.05, 0.1) is 12.3 Å². The molecule has 0 saturated carbocycles. The van der Waals surface area contributed by atoms with Crippen LogP contribution in [0.15, 0.2) is 35.4 Å². The molecule has 24 heavy (non-hydrogen) atoms. The Morgan fingerprint density at radius 3 is 2.62 bits per heavy atom. The monoisotopic (exact) mass is 331 g/mol. The number of ether oxygens (including phenoxy) is 1. The maximum atomic E-state index is 12.8. The summed E-state index contributed by atoms with van der Waals surface area (Å²) in [6.07, 6.45) is 0.668. The Bertz CT molecular complexity index is 599. The zero-order valence-electron chi connectivity index (χ0n) is 14.6. The fourth-order valence-electron chi connectivity index (χ4n) is 2.58. The maximum absolute atomic E-state index is 12.8. The number of amides is 2. The molecule has 0 bridgehead atoms. The molecule has 1 aromatic rings. The van der Waals surface area contributed by atoms with Gasteiger partial charge in [0.25, 0.3) is 5.91 Å². The lowest BCUT2D eigenvalue weighted by Crippen LogP contribution is -2.44. The van der Waals surface area contributed by atoms with Gasteiger partial charge in [0.15, 0.2) is 0 Å². The average Bonchev–Trinajstić information content (AvgIpc) is 2.59. The predicted octanol–water partition coefficient (Wildman–Crippen LogP) is 2.30. The number of nitrogens with zero attached hydrogens (tertiary/aromatic N) is 3. The van der Waals surface area contributed by atoms with Crippen LogP contribution in [-0.4, -0.2) is 49.2 Å². The molecule has 0 radical (unpaired) electrons. The summed E-state index contributed by atoms with van der Waals surface area (Å²) in [6.45, 7) is 5.77. The Labute approximate surface area is 143 Å². The highest BCUT2D eigenvalue weighted by molar-refractivity contribution is 6.40. The molecule has 0 saturated heterocycles. The van der Waals surface area contributed by atoms with Crippen LogP contribution in [0, 0.1) is 5.92 Å². The zero-order valence-corrected chi connectivity index (χ0v) is 14.6. The van der Waals surface area contributed by atoms with Gasteiger partial charge in [0, 0.05) is 33.0 Å². The summed E-state index contributed by atoms with van der Waals surface area (Å²) >= 11 is 0. The molecule has 0 atom stereocenters. The molecular formula is C18H25N3O3. The van der Waals surface area contributed by atoms with Crippen molar-refractivity contribution in [3.63, 3.8) is 0 Å². The topological polar surface area (TPSA) is 62.2 Å². The third-order valence-electron chi connectivity index (χ3n) is 3.72. The maximum Gasteiger partial charge on any atom is 0.270 e. The van der Waals surface area contributed by atoms with E-state index in [0.717, 1.165) is 0 Å². The number of carbonyl (C=O) groups is 2. The van der Waals surface area contributed by atoms with Gasteiger partial charge in [-0.2, -0.15) is 5.10 Å². The Morgan fingerprint density at radius 1 is 1.29 bits per heavy atom. The van der Waals surface area contributed by atoms with Gasteiger partial charge in [-0.25, -0.2) is 5.01 Å². The van der Waals surface area contributed by atoms with Crippen LogP contribution in [0.1, 0.15) is 26.7 Å². The molecule has 0 aromatic heterocycles. The van der Waals surface area contributed by atoms with E-state index in [9.17, 15) is 9.59 Å². The second-order valence-electron chi connectivity index (χ2n) is 6.23. The minimum atomic E-state index is -0.116. The van der Waals surface area contributed by atoms with Crippen molar-refractivity contribution in [3.05, 3.63) is 30.3 Å². The molecule has 130 valence electrons. The first-order valence-corrected chi connectivity index (χ1v) is 8.26. The highest BCUT2D eigenvalue weighted by atomic mass is 16.5. The van der Waals surface area contributed by atoms with Crippen molar-refractivity contribution in [1.29, 1.82) is 0 Å². The molecular weight excluding hydrogens is 306 g/mol. The standard InChI is InChI=1S/C18H25N3O3/c1-14(2)13-20(11-12-24-3)18(23)16-9-10-17(22)21(19-16)15-7-5-4-6-8-15/h4-8,14H,9-13H2,1-3H3. The van der Waals surface area contributed by atoms with Crippen molar-refractivity contribution < 1.29 is 14.3 Å². The van der Waals surface area contributed by atoms with E-state index in [0.29, 0.717) is 49.9 Å². The molecule has 6 nitrogen and oxygen atoms in total. The van der Waals surface area contributed by atoms with E-state index in [-0.39, 0.29) is 11.8 Å². The van der Waals surface area contributed by atoms with Gasteiger partial charge in [-0.15, -0.1) is 0 Å². The van der Waals surface area contributed by atoms with Crippen molar-refractivity contribution in [2.24, 2.45) is 11.0 Å². The second-order valence-corrected chi connectivity index (χ2v) is 6.23. The molecule has 2 amide bonds. The predicted molar refractivity (Wildman–Crippen MR) is 93.9 cm³/mol. The molecule has 2 rings (SSSR count). The number of hydrogen-bond acceptors (Lipinski definition) is 4. The number of benzene rings is 1. The fraction of sp³-hybridized carbons (Fsp3) is 0.500.